The Kier molecular flexibility index (Phi) is 8.31. The molecule has 2 aromatic rings. The van der Waals surface area contributed by atoms with Crippen molar-refractivity contribution in [2.45, 2.75) is 26.2 Å². The first-order valence-corrected chi connectivity index (χ1v) is 8.94. The molecule has 1 aliphatic heterocycles. The predicted octanol–water partition coefficient (Wildman–Crippen LogP) is 3.97. The van der Waals surface area contributed by atoms with Crippen LogP contribution in [0.4, 0.5) is 0 Å². The molecule has 0 bridgehead atoms. The number of halogens is 1. The average molecular weight is 453 g/mol. The van der Waals surface area contributed by atoms with Crippen LogP contribution in [0.1, 0.15) is 24.7 Å². The van der Waals surface area contributed by atoms with E-state index < -0.39 is 0 Å². The monoisotopic (exact) mass is 453 g/mol. The smallest absolute Gasteiger partial charge is 0.193 e. The fraction of sp³-hybridized carbons (Fsp3) is 0.450. The van der Waals surface area contributed by atoms with Gasteiger partial charge < -0.3 is 14.6 Å². The van der Waals surface area contributed by atoms with Gasteiger partial charge in [-0.05, 0) is 43.4 Å². The summed E-state index contributed by atoms with van der Waals surface area (Å²) >= 11 is 0. The molecule has 3 rings (SSSR count). The zero-order valence-corrected chi connectivity index (χ0v) is 17.2. The lowest BCUT2D eigenvalue weighted by Gasteiger charge is -2.21. The van der Waals surface area contributed by atoms with E-state index in [1.165, 1.54) is 12.0 Å². The number of rotatable bonds is 6. The lowest BCUT2D eigenvalue weighted by Crippen LogP contribution is -2.40. The third-order valence-electron chi connectivity index (χ3n) is 4.49. The van der Waals surface area contributed by atoms with Crippen LogP contribution in [-0.4, -0.2) is 37.0 Å². The van der Waals surface area contributed by atoms with Gasteiger partial charge in [0.15, 0.2) is 5.96 Å². The molecule has 5 heteroatoms. The van der Waals surface area contributed by atoms with Crippen LogP contribution in [0.2, 0.25) is 0 Å². The minimum absolute atomic E-state index is 0. The Bertz CT molecular complexity index is 628. The van der Waals surface area contributed by atoms with Crippen LogP contribution in [0, 0.1) is 5.92 Å². The topological polar surface area (TPSA) is 40.8 Å². The number of hydrogen-bond donors (Lipinski definition) is 1. The molecule has 1 aromatic heterocycles. The lowest BCUT2D eigenvalue weighted by atomic mass is 9.99. The van der Waals surface area contributed by atoms with Crippen LogP contribution in [0.5, 0.6) is 0 Å². The van der Waals surface area contributed by atoms with E-state index in [4.69, 9.17) is 9.41 Å². The van der Waals surface area contributed by atoms with Crippen molar-refractivity contribution >= 4 is 29.9 Å². The maximum Gasteiger partial charge on any atom is 0.193 e. The Balaban J connectivity index is 0.00000225. The second kappa shape index (κ2) is 10.5. The molecule has 0 amide bonds. The molecular formula is C20H28IN3O. The number of nitrogens with one attached hydrogen (secondary N) is 1. The van der Waals surface area contributed by atoms with E-state index in [1.807, 2.05) is 12.1 Å². The van der Waals surface area contributed by atoms with Crippen molar-refractivity contribution in [3.8, 4) is 0 Å². The molecule has 1 atom stereocenters. The molecule has 0 aliphatic carbocycles. The number of hydrogen-bond acceptors (Lipinski definition) is 2. The minimum Gasteiger partial charge on any atom is -0.469 e. The van der Waals surface area contributed by atoms with Crippen molar-refractivity contribution < 1.29 is 4.42 Å². The molecule has 1 aliphatic rings. The van der Waals surface area contributed by atoms with Gasteiger partial charge in [-0.2, -0.15) is 0 Å². The van der Waals surface area contributed by atoms with Crippen molar-refractivity contribution in [2.75, 3.05) is 26.2 Å². The van der Waals surface area contributed by atoms with Crippen molar-refractivity contribution in [3.63, 3.8) is 0 Å². The van der Waals surface area contributed by atoms with Gasteiger partial charge in [0.2, 0.25) is 0 Å². The summed E-state index contributed by atoms with van der Waals surface area (Å²) in [6.45, 7) is 5.96. The van der Waals surface area contributed by atoms with Crippen LogP contribution in [0.15, 0.2) is 58.1 Å². The molecule has 136 valence electrons. The standard InChI is InChI=1S/C20H27N3O.HI/c1-2-21-20(22-12-10-19-9-6-14-24-19)23-13-11-18(16-23)15-17-7-4-3-5-8-17;/h3-9,14,18H,2,10-13,15-16H2,1H3,(H,21,22);1H. The van der Waals surface area contributed by atoms with Gasteiger partial charge in [0.1, 0.15) is 5.76 Å². The second-order valence-electron chi connectivity index (χ2n) is 6.36. The third kappa shape index (κ3) is 6.06. The Morgan fingerprint density at radius 2 is 2.08 bits per heavy atom. The SMILES string of the molecule is CCNC(=NCCc1ccco1)N1CCC(Cc2ccccc2)C1.I. The summed E-state index contributed by atoms with van der Waals surface area (Å²) in [5.41, 5.74) is 1.43. The highest BCUT2D eigenvalue weighted by molar-refractivity contribution is 14.0. The molecule has 4 nitrogen and oxygen atoms in total. The van der Waals surface area contributed by atoms with Crippen LogP contribution in [-0.2, 0) is 12.8 Å². The quantitative estimate of drug-likeness (QED) is 0.409. The Hall–Kier alpha value is -1.50. The van der Waals surface area contributed by atoms with Crippen molar-refractivity contribution in [1.29, 1.82) is 0 Å². The number of likely N-dealkylation sites (tertiary alicyclic amines) is 1. The molecule has 1 unspecified atom stereocenters. The summed E-state index contributed by atoms with van der Waals surface area (Å²) in [5.74, 6) is 2.75. The van der Waals surface area contributed by atoms with Gasteiger partial charge in [-0.1, -0.05) is 30.3 Å². The molecule has 1 aromatic carbocycles. The minimum atomic E-state index is 0. The Labute approximate surface area is 167 Å². The first-order chi connectivity index (χ1) is 11.8. The Morgan fingerprint density at radius 1 is 1.24 bits per heavy atom. The van der Waals surface area contributed by atoms with Crippen LogP contribution < -0.4 is 5.32 Å². The van der Waals surface area contributed by atoms with Crippen molar-refractivity contribution in [1.82, 2.24) is 10.2 Å². The van der Waals surface area contributed by atoms with E-state index in [-0.39, 0.29) is 24.0 Å². The number of aliphatic imine (C=N–C) groups is 1. The van der Waals surface area contributed by atoms with E-state index in [2.05, 4.69) is 47.5 Å². The zero-order chi connectivity index (χ0) is 16.6. The largest absolute Gasteiger partial charge is 0.469 e. The maximum atomic E-state index is 5.38. The molecule has 2 heterocycles. The van der Waals surface area contributed by atoms with Crippen molar-refractivity contribution in [2.24, 2.45) is 10.9 Å². The fourth-order valence-corrected chi connectivity index (χ4v) is 3.29. The summed E-state index contributed by atoms with van der Waals surface area (Å²) in [6.07, 6.45) is 4.96. The molecule has 0 saturated carbocycles. The van der Waals surface area contributed by atoms with E-state index >= 15 is 0 Å². The van der Waals surface area contributed by atoms with Crippen molar-refractivity contribution in [3.05, 3.63) is 60.1 Å². The number of guanidine groups is 1. The van der Waals surface area contributed by atoms with Crippen LogP contribution >= 0.6 is 24.0 Å². The first-order valence-electron chi connectivity index (χ1n) is 8.94. The van der Waals surface area contributed by atoms with Gasteiger partial charge in [-0.25, -0.2) is 0 Å². The van der Waals surface area contributed by atoms with E-state index in [1.54, 1.807) is 6.26 Å². The van der Waals surface area contributed by atoms with Gasteiger partial charge >= 0.3 is 0 Å². The third-order valence-corrected chi connectivity index (χ3v) is 4.49. The summed E-state index contributed by atoms with van der Waals surface area (Å²) < 4.78 is 5.38. The average Bonchev–Trinajstić information content (AvgIpc) is 3.27. The first kappa shape index (κ1) is 19.8. The normalized spacial score (nSPS) is 17.4. The van der Waals surface area contributed by atoms with Crippen LogP contribution in [0.3, 0.4) is 0 Å². The van der Waals surface area contributed by atoms with Gasteiger partial charge in [-0.15, -0.1) is 24.0 Å². The summed E-state index contributed by atoms with van der Waals surface area (Å²) in [4.78, 5) is 7.19. The summed E-state index contributed by atoms with van der Waals surface area (Å²) in [7, 11) is 0. The molecule has 1 fully saturated rings. The molecule has 1 N–H and O–H groups in total. The molecular weight excluding hydrogens is 425 g/mol. The fourth-order valence-electron chi connectivity index (χ4n) is 3.29. The maximum absolute atomic E-state index is 5.38. The molecule has 0 radical (unpaired) electrons. The highest BCUT2D eigenvalue weighted by atomic mass is 127. The lowest BCUT2D eigenvalue weighted by molar-refractivity contribution is 0.458. The Morgan fingerprint density at radius 3 is 2.80 bits per heavy atom. The van der Waals surface area contributed by atoms with Gasteiger partial charge in [-0.3, -0.25) is 4.99 Å². The number of benzene rings is 1. The predicted molar refractivity (Wildman–Crippen MR) is 114 cm³/mol. The van der Waals surface area contributed by atoms with Gasteiger partial charge in [0, 0.05) is 32.6 Å². The van der Waals surface area contributed by atoms with E-state index in [9.17, 15) is 0 Å². The molecule has 1 saturated heterocycles. The zero-order valence-electron chi connectivity index (χ0n) is 14.9. The van der Waals surface area contributed by atoms with Gasteiger partial charge in [0.05, 0.1) is 6.26 Å². The van der Waals surface area contributed by atoms with Gasteiger partial charge in [0.25, 0.3) is 0 Å². The van der Waals surface area contributed by atoms with E-state index in [0.29, 0.717) is 5.92 Å². The van der Waals surface area contributed by atoms with E-state index in [0.717, 1.165) is 50.7 Å². The summed E-state index contributed by atoms with van der Waals surface area (Å²) in [6, 6.07) is 14.7. The highest BCUT2D eigenvalue weighted by Crippen LogP contribution is 2.21. The molecule has 25 heavy (non-hydrogen) atoms. The highest BCUT2D eigenvalue weighted by Gasteiger charge is 2.24. The number of furan rings is 1. The van der Waals surface area contributed by atoms with Crippen LogP contribution in [0.25, 0.3) is 0 Å². The summed E-state index contributed by atoms with van der Waals surface area (Å²) in [5, 5.41) is 3.43. The molecule has 0 spiro atoms. The number of nitrogens with zero attached hydrogens (tertiary/aromatic N) is 2. The second-order valence-corrected chi connectivity index (χ2v) is 6.36.